The lowest BCUT2D eigenvalue weighted by Gasteiger charge is -2.05. The first kappa shape index (κ1) is 22.4. The van der Waals surface area contributed by atoms with Crippen molar-refractivity contribution in [1.82, 2.24) is 0 Å². The molecule has 4 heteroatoms. The standard InChI is InChI=1S/C16H14O2.C10H10O2/c1-12(2)16(17)18-15-10-8-14(9-11-15)13-6-4-3-5-7-13;1-8(2)10(11)12-9-6-4-3-5-7-9/h3-11H,1H2,2H3;3-7H,1H2,2H3. The fraction of sp³-hybridized carbons (Fsp3) is 0.0769. The van der Waals surface area contributed by atoms with E-state index in [4.69, 9.17) is 9.47 Å². The third-order valence-electron chi connectivity index (χ3n) is 3.82. The van der Waals surface area contributed by atoms with Crippen LogP contribution in [0.15, 0.2) is 109 Å². The summed E-state index contributed by atoms with van der Waals surface area (Å²) < 4.78 is 10.1. The molecule has 0 saturated heterocycles. The molecule has 0 fully saturated rings. The maximum Gasteiger partial charge on any atom is 0.338 e. The average molecular weight is 400 g/mol. The molecule has 0 heterocycles. The van der Waals surface area contributed by atoms with E-state index in [1.807, 2.05) is 48.5 Å². The Balaban J connectivity index is 0.000000232. The van der Waals surface area contributed by atoms with Crippen LogP contribution in [0.1, 0.15) is 13.8 Å². The maximum absolute atomic E-state index is 11.3. The Labute approximate surface area is 177 Å². The fourth-order valence-electron chi connectivity index (χ4n) is 2.22. The third-order valence-corrected chi connectivity index (χ3v) is 3.82. The normalized spacial score (nSPS) is 9.53. The lowest BCUT2D eigenvalue weighted by Crippen LogP contribution is -2.07. The number of benzene rings is 3. The molecule has 0 aliphatic rings. The van der Waals surface area contributed by atoms with E-state index in [-0.39, 0.29) is 5.97 Å². The van der Waals surface area contributed by atoms with Gasteiger partial charge in [-0.05, 0) is 49.2 Å². The summed E-state index contributed by atoms with van der Waals surface area (Å²) in [5, 5.41) is 0. The SMILES string of the molecule is C=C(C)C(=O)Oc1ccc(-c2ccccc2)cc1.C=C(C)C(=O)Oc1ccccc1. The highest BCUT2D eigenvalue weighted by atomic mass is 16.5. The van der Waals surface area contributed by atoms with Gasteiger partial charge in [0.2, 0.25) is 0 Å². The lowest BCUT2D eigenvalue weighted by atomic mass is 10.1. The molecule has 0 unspecified atom stereocenters. The number of carbonyl (C=O) groups excluding carboxylic acids is 2. The molecule has 4 nitrogen and oxygen atoms in total. The van der Waals surface area contributed by atoms with E-state index >= 15 is 0 Å². The summed E-state index contributed by atoms with van der Waals surface area (Å²) >= 11 is 0. The van der Waals surface area contributed by atoms with Gasteiger partial charge < -0.3 is 9.47 Å². The molecule has 0 amide bonds. The van der Waals surface area contributed by atoms with E-state index in [9.17, 15) is 9.59 Å². The molecule has 0 aromatic heterocycles. The molecule has 0 atom stereocenters. The predicted octanol–water partition coefficient (Wildman–Crippen LogP) is 6.00. The van der Waals surface area contributed by atoms with Crippen molar-refractivity contribution in [1.29, 1.82) is 0 Å². The van der Waals surface area contributed by atoms with Gasteiger partial charge in [0.25, 0.3) is 0 Å². The number of para-hydroxylation sites is 1. The monoisotopic (exact) mass is 400 g/mol. The van der Waals surface area contributed by atoms with Crippen LogP contribution in [0, 0.1) is 0 Å². The molecule has 3 aromatic carbocycles. The van der Waals surface area contributed by atoms with E-state index in [1.54, 1.807) is 50.2 Å². The van der Waals surface area contributed by atoms with Gasteiger partial charge in [-0.1, -0.05) is 73.8 Å². The van der Waals surface area contributed by atoms with Crippen LogP contribution >= 0.6 is 0 Å². The van der Waals surface area contributed by atoms with Crippen molar-refractivity contribution in [3.05, 3.63) is 109 Å². The molecule has 0 spiro atoms. The molecular formula is C26H24O4. The molecule has 3 rings (SSSR count). The first-order valence-corrected chi connectivity index (χ1v) is 9.32. The summed E-state index contributed by atoms with van der Waals surface area (Å²) in [6, 6.07) is 26.4. The molecule has 152 valence electrons. The van der Waals surface area contributed by atoms with Crippen LogP contribution in [0.2, 0.25) is 0 Å². The van der Waals surface area contributed by atoms with E-state index in [0.717, 1.165) is 11.1 Å². The summed E-state index contributed by atoms with van der Waals surface area (Å²) in [4.78, 5) is 22.3. The minimum atomic E-state index is -0.400. The zero-order valence-corrected chi connectivity index (χ0v) is 17.1. The molecule has 0 bridgehead atoms. The van der Waals surface area contributed by atoms with Gasteiger partial charge in [-0.3, -0.25) is 0 Å². The zero-order valence-electron chi connectivity index (χ0n) is 17.1. The van der Waals surface area contributed by atoms with Gasteiger partial charge in [0, 0.05) is 11.1 Å². The van der Waals surface area contributed by atoms with Gasteiger partial charge in [0.05, 0.1) is 0 Å². The first-order chi connectivity index (χ1) is 14.4. The number of ether oxygens (including phenoxy) is 2. The highest BCUT2D eigenvalue weighted by Gasteiger charge is 2.05. The fourth-order valence-corrected chi connectivity index (χ4v) is 2.22. The van der Waals surface area contributed by atoms with Crippen LogP contribution in [-0.2, 0) is 9.59 Å². The highest BCUT2D eigenvalue weighted by Crippen LogP contribution is 2.22. The Morgan fingerprint density at radius 3 is 1.37 bits per heavy atom. The zero-order chi connectivity index (χ0) is 21.9. The Morgan fingerprint density at radius 1 is 0.567 bits per heavy atom. The Morgan fingerprint density at radius 2 is 0.933 bits per heavy atom. The van der Waals surface area contributed by atoms with Gasteiger partial charge in [0.15, 0.2) is 0 Å². The van der Waals surface area contributed by atoms with Crippen molar-refractivity contribution in [2.45, 2.75) is 13.8 Å². The van der Waals surface area contributed by atoms with Gasteiger partial charge in [0.1, 0.15) is 11.5 Å². The van der Waals surface area contributed by atoms with Crippen LogP contribution in [0.25, 0.3) is 11.1 Å². The van der Waals surface area contributed by atoms with Crippen LogP contribution in [0.5, 0.6) is 11.5 Å². The molecule has 0 aliphatic carbocycles. The summed E-state index contributed by atoms with van der Waals surface area (Å²) in [7, 11) is 0. The topological polar surface area (TPSA) is 52.6 Å². The average Bonchev–Trinajstić information content (AvgIpc) is 2.76. The van der Waals surface area contributed by atoms with E-state index in [0.29, 0.717) is 22.6 Å². The molecule has 0 N–H and O–H groups in total. The van der Waals surface area contributed by atoms with Gasteiger partial charge >= 0.3 is 11.9 Å². The molecular weight excluding hydrogens is 376 g/mol. The van der Waals surface area contributed by atoms with Crippen molar-refractivity contribution in [2.24, 2.45) is 0 Å². The summed E-state index contributed by atoms with van der Waals surface area (Å²) in [6.45, 7) is 10.3. The Kier molecular flexibility index (Phi) is 8.33. The van der Waals surface area contributed by atoms with Crippen molar-refractivity contribution in [3.8, 4) is 22.6 Å². The minimum absolute atomic E-state index is 0.388. The Bertz CT molecular complexity index is 1000. The molecule has 3 aromatic rings. The predicted molar refractivity (Wildman–Crippen MR) is 119 cm³/mol. The van der Waals surface area contributed by atoms with Crippen LogP contribution in [0.3, 0.4) is 0 Å². The van der Waals surface area contributed by atoms with E-state index in [1.165, 1.54) is 0 Å². The number of esters is 2. The van der Waals surface area contributed by atoms with Gasteiger partial charge in [-0.2, -0.15) is 0 Å². The highest BCUT2D eigenvalue weighted by molar-refractivity contribution is 5.89. The maximum atomic E-state index is 11.3. The molecule has 0 saturated carbocycles. The number of carbonyl (C=O) groups is 2. The second kappa shape index (κ2) is 11.2. The number of rotatable bonds is 5. The Hall–Kier alpha value is -3.92. The summed E-state index contributed by atoms with van der Waals surface area (Å²) in [5.74, 6) is 0.289. The first-order valence-electron chi connectivity index (χ1n) is 9.32. The van der Waals surface area contributed by atoms with E-state index in [2.05, 4.69) is 13.2 Å². The summed E-state index contributed by atoms with van der Waals surface area (Å²) in [6.07, 6.45) is 0. The van der Waals surface area contributed by atoms with Crippen LogP contribution < -0.4 is 9.47 Å². The van der Waals surface area contributed by atoms with Crippen LogP contribution in [0.4, 0.5) is 0 Å². The van der Waals surface area contributed by atoms with Crippen molar-refractivity contribution >= 4 is 11.9 Å². The van der Waals surface area contributed by atoms with Gasteiger partial charge in [-0.25, -0.2) is 9.59 Å². The van der Waals surface area contributed by atoms with Crippen LogP contribution in [-0.4, -0.2) is 11.9 Å². The molecule has 30 heavy (non-hydrogen) atoms. The molecule has 0 radical (unpaired) electrons. The van der Waals surface area contributed by atoms with E-state index < -0.39 is 5.97 Å². The molecule has 0 aliphatic heterocycles. The largest absolute Gasteiger partial charge is 0.423 e. The smallest absolute Gasteiger partial charge is 0.338 e. The quantitative estimate of drug-likeness (QED) is 0.299. The van der Waals surface area contributed by atoms with Crippen molar-refractivity contribution in [2.75, 3.05) is 0 Å². The second-order valence-electron chi connectivity index (χ2n) is 6.54. The minimum Gasteiger partial charge on any atom is -0.423 e. The number of hydrogen-bond acceptors (Lipinski definition) is 4. The van der Waals surface area contributed by atoms with Gasteiger partial charge in [-0.15, -0.1) is 0 Å². The van der Waals surface area contributed by atoms with Crippen molar-refractivity contribution < 1.29 is 19.1 Å². The summed E-state index contributed by atoms with van der Waals surface area (Å²) in [5.41, 5.74) is 3.02. The second-order valence-corrected chi connectivity index (χ2v) is 6.54. The lowest BCUT2D eigenvalue weighted by molar-refractivity contribution is -0.130. The van der Waals surface area contributed by atoms with Crippen molar-refractivity contribution in [3.63, 3.8) is 0 Å². The third kappa shape index (κ3) is 7.24. The number of hydrogen-bond donors (Lipinski definition) is 0.